The van der Waals surface area contributed by atoms with Gasteiger partial charge in [-0.3, -0.25) is 4.79 Å². The average Bonchev–Trinajstić information content (AvgIpc) is 2.37. The van der Waals surface area contributed by atoms with E-state index in [0.29, 0.717) is 0 Å². The lowest BCUT2D eigenvalue weighted by Gasteiger charge is -2.32. The number of unbranched alkanes of at least 4 members (excludes halogenated alkanes) is 3. The molecule has 0 aromatic carbocycles. The number of esters is 1. The summed E-state index contributed by atoms with van der Waals surface area (Å²) >= 11 is 0. The lowest BCUT2D eigenvalue weighted by Crippen LogP contribution is -2.35. The minimum absolute atomic E-state index is 0.00301. The molecule has 0 rings (SSSR count). The first kappa shape index (κ1) is 18.5. The van der Waals surface area contributed by atoms with Gasteiger partial charge in [0.25, 0.3) is 0 Å². The highest BCUT2D eigenvalue weighted by Crippen LogP contribution is 2.38. The first-order valence-corrected chi connectivity index (χ1v) is 8.23. The number of hydrogen-bond acceptors (Lipinski definition) is 2. The molecule has 0 aliphatic heterocycles. The Labute approximate surface area is 120 Å². The predicted molar refractivity (Wildman–Crippen MR) is 82.2 cm³/mol. The molecule has 0 aliphatic carbocycles. The van der Waals surface area contributed by atoms with Crippen LogP contribution in [-0.2, 0) is 9.53 Å². The summed E-state index contributed by atoms with van der Waals surface area (Å²) in [4.78, 5) is 12.6. The fourth-order valence-corrected chi connectivity index (χ4v) is 2.57. The number of carbonyl (C=O) groups is 1. The van der Waals surface area contributed by atoms with Crippen LogP contribution < -0.4 is 0 Å². The quantitative estimate of drug-likeness (QED) is 0.464. The summed E-state index contributed by atoms with van der Waals surface area (Å²) in [5.41, 5.74) is -0.216. The second-order valence-corrected chi connectivity index (χ2v) is 6.05. The summed E-state index contributed by atoms with van der Waals surface area (Å²) in [6.45, 7) is 10.5. The van der Waals surface area contributed by atoms with Crippen molar-refractivity contribution in [2.24, 2.45) is 5.41 Å². The average molecular weight is 270 g/mol. The Bertz CT molecular complexity index is 212. The van der Waals surface area contributed by atoms with E-state index < -0.39 is 0 Å². The number of hydrogen-bond donors (Lipinski definition) is 0. The van der Waals surface area contributed by atoms with Crippen LogP contribution in [-0.4, -0.2) is 12.1 Å². The van der Waals surface area contributed by atoms with Crippen molar-refractivity contribution >= 4 is 5.97 Å². The van der Waals surface area contributed by atoms with E-state index in [1.54, 1.807) is 0 Å². The monoisotopic (exact) mass is 270 g/mol. The highest BCUT2D eigenvalue weighted by Gasteiger charge is 2.38. The van der Waals surface area contributed by atoms with Gasteiger partial charge in [0, 0.05) is 0 Å². The molecule has 114 valence electrons. The normalized spacial score (nSPS) is 11.9. The topological polar surface area (TPSA) is 26.3 Å². The van der Waals surface area contributed by atoms with Gasteiger partial charge in [-0.2, -0.15) is 0 Å². The first-order chi connectivity index (χ1) is 9.02. The standard InChI is InChI=1S/C17H34O2/c1-6-9-12-17(13-10-7-2,14-11-8-3)16(18)19-15(4)5/h15H,6-14H2,1-5H3. The summed E-state index contributed by atoms with van der Waals surface area (Å²) in [5.74, 6) is 0.0536. The Morgan fingerprint density at radius 3 is 1.53 bits per heavy atom. The van der Waals surface area contributed by atoms with Gasteiger partial charge in [0.15, 0.2) is 0 Å². The zero-order chi connectivity index (χ0) is 14.7. The molecule has 0 saturated heterocycles. The predicted octanol–water partition coefficient (Wildman–Crippen LogP) is 5.50. The van der Waals surface area contributed by atoms with E-state index in [-0.39, 0.29) is 17.5 Å². The number of rotatable bonds is 11. The molecule has 0 saturated carbocycles. The van der Waals surface area contributed by atoms with Crippen LogP contribution in [0.25, 0.3) is 0 Å². The van der Waals surface area contributed by atoms with Crippen molar-refractivity contribution < 1.29 is 9.53 Å². The second kappa shape index (κ2) is 10.3. The highest BCUT2D eigenvalue weighted by molar-refractivity contribution is 5.77. The Kier molecular flexibility index (Phi) is 9.99. The van der Waals surface area contributed by atoms with Gasteiger partial charge >= 0.3 is 5.97 Å². The molecular formula is C17H34O2. The van der Waals surface area contributed by atoms with Crippen molar-refractivity contribution in [2.45, 2.75) is 98.5 Å². The summed E-state index contributed by atoms with van der Waals surface area (Å²) in [7, 11) is 0. The van der Waals surface area contributed by atoms with E-state index in [9.17, 15) is 4.79 Å². The van der Waals surface area contributed by atoms with Crippen LogP contribution in [0.4, 0.5) is 0 Å². The van der Waals surface area contributed by atoms with E-state index in [0.717, 1.165) is 57.8 Å². The van der Waals surface area contributed by atoms with Crippen LogP contribution >= 0.6 is 0 Å². The lowest BCUT2D eigenvalue weighted by molar-refractivity contribution is -0.162. The molecule has 0 bridgehead atoms. The van der Waals surface area contributed by atoms with Crippen LogP contribution in [0.3, 0.4) is 0 Å². The number of ether oxygens (including phenoxy) is 1. The Hall–Kier alpha value is -0.530. The lowest BCUT2D eigenvalue weighted by atomic mass is 9.74. The van der Waals surface area contributed by atoms with Crippen LogP contribution in [0.2, 0.25) is 0 Å². The van der Waals surface area contributed by atoms with Crippen molar-refractivity contribution in [3.05, 3.63) is 0 Å². The van der Waals surface area contributed by atoms with E-state index in [1.807, 2.05) is 13.8 Å². The van der Waals surface area contributed by atoms with Crippen LogP contribution in [0.5, 0.6) is 0 Å². The molecular weight excluding hydrogens is 236 g/mol. The van der Waals surface area contributed by atoms with E-state index in [1.165, 1.54) is 0 Å². The van der Waals surface area contributed by atoms with Gasteiger partial charge in [0.2, 0.25) is 0 Å². The smallest absolute Gasteiger partial charge is 0.312 e. The van der Waals surface area contributed by atoms with Gasteiger partial charge in [0.1, 0.15) is 0 Å². The maximum Gasteiger partial charge on any atom is 0.312 e. The maximum atomic E-state index is 12.6. The third kappa shape index (κ3) is 6.98. The van der Waals surface area contributed by atoms with Gasteiger partial charge in [0.05, 0.1) is 11.5 Å². The SMILES string of the molecule is CCCCC(CCCC)(CCCC)C(=O)OC(C)C. The summed E-state index contributed by atoms with van der Waals surface area (Å²) in [6.07, 6.45) is 9.80. The fraction of sp³-hybridized carbons (Fsp3) is 0.941. The Balaban J connectivity index is 4.90. The first-order valence-electron chi connectivity index (χ1n) is 8.23. The molecule has 0 amide bonds. The van der Waals surface area contributed by atoms with E-state index >= 15 is 0 Å². The molecule has 0 aromatic heterocycles. The minimum atomic E-state index is -0.216. The molecule has 0 radical (unpaired) electrons. The molecule has 2 nitrogen and oxygen atoms in total. The van der Waals surface area contributed by atoms with Crippen molar-refractivity contribution in [3.8, 4) is 0 Å². The largest absolute Gasteiger partial charge is 0.463 e. The van der Waals surface area contributed by atoms with Gasteiger partial charge in [-0.05, 0) is 33.1 Å². The highest BCUT2D eigenvalue weighted by atomic mass is 16.5. The minimum Gasteiger partial charge on any atom is -0.463 e. The van der Waals surface area contributed by atoms with Crippen LogP contribution in [0.1, 0.15) is 92.4 Å². The molecule has 19 heavy (non-hydrogen) atoms. The molecule has 0 N–H and O–H groups in total. The Morgan fingerprint density at radius 2 is 1.26 bits per heavy atom. The van der Waals surface area contributed by atoms with Crippen LogP contribution in [0.15, 0.2) is 0 Å². The van der Waals surface area contributed by atoms with Crippen LogP contribution in [0, 0.1) is 5.41 Å². The molecule has 0 aromatic rings. The molecule has 0 aliphatic rings. The third-order valence-electron chi connectivity index (χ3n) is 3.80. The van der Waals surface area contributed by atoms with Crippen molar-refractivity contribution in [3.63, 3.8) is 0 Å². The van der Waals surface area contributed by atoms with E-state index in [4.69, 9.17) is 4.74 Å². The summed E-state index contributed by atoms with van der Waals surface area (Å²) in [5, 5.41) is 0. The second-order valence-electron chi connectivity index (χ2n) is 6.05. The van der Waals surface area contributed by atoms with E-state index in [2.05, 4.69) is 20.8 Å². The Morgan fingerprint density at radius 1 is 0.895 bits per heavy atom. The maximum absolute atomic E-state index is 12.6. The molecule has 0 heterocycles. The van der Waals surface area contributed by atoms with Gasteiger partial charge < -0.3 is 4.74 Å². The fourth-order valence-electron chi connectivity index (χ4n) is 2.57. The molecule has 0 fully saturated rings. The number of carbonyl (C=O) groups excluding carboxylic acids is 1. The molecule has 0 unspecified atom stereocenters. The zero-order valence-electron chi connectivity index (χ0n) is 13.8. The van der Waals surface area contributed by atoms with Gasteiger partial charge in [-0.15, -0.1) is 0 Å². The molecule has 2 heteroatoms. The van der Waals surface area contributed by atoms with Crippen molar-refractivity contribution in [1.29, 1.82) is 0 Å². The van der Waals surface area contributed by atoms with Gasteiger partial charge in [-0.1, -0.05) is 59.3 Å². The van der Waals surface area contributed by atoms with Crippen molar-refractivity contribution in [1.82, 2.24) is 0 Å². The summed E-state index contributed by atoms with van der Waals surface area (Å²) in [6, 6.07) is 0. The summed E-state index contributed by atoms with van der Waals surface area (Å²) < 4.78 is 5.57. The molecule has 0 atom stereocenters. The van der Waals surface area contributed by atoms with Gasteiger partial charge in [-0.25, -0.2) is 0 Å². The molecule has 0 spiro atoms. The van der Waals surface area contributed by atoms with Crippen molar-refractivity contribution in [2.75, 3.05) is 0 Å². The third-order valence-corrected chi connectivity index (χ3v) is 3.80. The zero-order valence-corrected chi connectivity index (χ0v) is 13.8.